The van der Waals surface area contributed by atoms with Crippen molar-refractivity contribution in [3.63, 3.8) is 0 Å². The Balaban J connectivity index is 1.04. The van der Waals surface area contributed by atoms with E-state index in [1.807, 2.05) is 13.8 Å². The molecule has 13 unspecified atom stereocenters. The van der Waals surface area contributed by atoms with Gasteiger partial charge in [-0.2, -0.15) is 0 Å². The number of carboxylic acids is 1. The largest absolute Gasteiger partial charge is 0.481 e. The first-order chi connectivity index (χ1) is 37.6. The van der Waals surface area contributed by atoms with Gasteiger partial charge in [-0.15, -0.1) is 0 Å². The van der Waals surface area contributed by atoms with Gasteiger partial charge in [-0.3, -0.25) is 14.4 Å². The molecule has 80 heavy (non-hydrogen) atoms. The number of hydrogen-bond donors (Lipinski definition) is 11. The normalized spacial score (nSPS) is 43.8. The summed E-state index contributed by atoms with van der Waals surface area (Å²) in [5, 5.41) is 113. The Morgan fingerprint density at radius 2 is 1.41 bits per heavy atom. The van der Waals surface area contributed by atoms with Gasteiger partial charge in [0.2, 0.25) is 12.2 Å². The van der Waals surface area contributed by atoms with Crippen LogP contribution in [0.1, 0.15) is 171 Å². The minimum atomic E-state index is -1.94. The van der Waals surface area contributed by atoms with Gasteiger partial charge in [-0.25, -0.2) is 0 Å². The fourth-order valence-corrected chi connectivity index (χ4v) is 16.9. The number of unbranched alkanes of at least 4 members (excludes halogenated alkanes) is 7. The van der Waals surface area contributed by atoms with E-state index in [-0.39, 0.29) is 53.8 Å². The zero-order valence-corrected chi connectivity index (χ0v) is 48.2. The highest BCUT2D eigenvalue weighted by Crippen LogP contribution is 2.86. The molecule has 5 aliphatic carbocycles. The first-order valence-corrected chi connectivity index (χ1v) is 29.8. The van der Waals surface area contributed by atoms with Crippen molar-refractivity contribution < 1.29 is 98.7 Å². The molecule has 21 nitrogen and oxygen atoms in total. The number of aliphatic hydroxyl groups excluding tert-OH is 9. The van der Waals surface area contributed by atoms with Crippen LogP contribution in [0.5, 0.6) is 0 Å². The van der Waals surface area contributed by atoms with Crippen molar-refractivity contribution in [1.29, 1.82) is 0 Å². The SMILES string of the molecule is CCC(O)C(C)(C=O)[C@@H]1CC[C@]23C(=C4C5CC(C)(C)CCC5(C(=O)O[C@@H]5O[C@H](CO)C(NC(=O)CCCCCCCCCCC(=O)O)C(O)C5O[C@@H]5O[C@H](C)C(O[C@@H]6OC[C@@H](O)C(O)C6O)C(O)C5O)[C@H](O)C[C@]42C)CC3C1(C)C. The van der Waals surface area contributed by atoms with Gasteiger partial charge in [0.15, 0.2) is 18.7 Å². The number of aliphatic hydroxyl groups is 9. The summed E-state index contributed by atoms with van der Waals surface area (Å²) in [4.78, 5) is 52.9. The monoisotopic (exact) mass is 1140 g/mol. The van der Waals surface area contributed by atoms with Gasteiger partial charge in [-0.1, -0.05) is 98.1 Å². The average molecular weight is 1140 g/mol. The summed E-state index contributed by atoms with van der Waals surface area (Å²) >= 11 is 0. The number of fused-ring (bicyclic) bond motifs is 3. The Bertz CT molecular complexity index is 2250. The molecule has 1 amide bonds. The smallest absolute Gasteiger partial charge is 0.317 e. The van der Waals surface area contributed by atoms with E-state index in [0.717, 1.165) is 63.2 Å². The van der Waals surface area contributed by atoms with Crippen molar-refractivity contribution in [3.05, 3.63) is 11.1 Å². The number of carbonyl (C=O) groups is 4. The van der Waals surface area contributed by atoms with Crippen molar-refractivity contribution in [2.45, 2.75) is 269 Å². The first-order valence-electron chi connectivity index (χ1n) is 29.8. The molecule has 3 heterocycles. The summed E-state index contributed by atoms with van der Waals surface area (Å²) in [6.45, 7) is 15.0. The number of hydrogen-bond acceptors (Lipinski definition) is 19. The lowest BCUT2D eigenvalue weighted by Gasteiger charge is -2.81. The van der Waals surface area contributed by atoms with Gasteiger partial charge in [0.1, 0.15) is 60.5 Å². The predicted molar refractivity (Wildman–Crippen MR) is 284 cm³/mol. The highest BCUT2D eigenvalue weighted by atomic mass is 16.8. The molecular weight excluding hydrogens is 1040 g/mol. The number of rotatable bonds is 23. The van der Waals surface area contributed by atoms with Crippen LogP contribution in [0.4, 0.5) is 0 Å². The number of ether oxygens (including phenoxy) is 6. The molecule has 8 rings (SSSR count). The van der Waals surface area contributed by atoms with Crippen LogP contribution in [0.15, 0.2) is 11.1 Å². The summed E-state index contributed by atoms with van der Waals surface area (Å²) in [6.07, 6.45) is -11.4. The minimum Gasteiger partial charge on any atom is -0.481 e. The Morgan fingerprint density at radius 3 is 2.04 bits per heavy atom. The number of carboxylic acid groups (broad SMARTS) is 1. The van der Waals surface area contributed by atoms with Crippen molar-refractivity contribution >= 4 is 24.1 Å². The molecule has 0 bridgehead atoms. The van der Waals surface area contributed by atoms with Crippen LogP contribution in [-0.4, -0.2) is 187 Å². The lowest BCUT2D eigenvalue weighted by Crippen LogP contribution is -2.75. The average Bonchev–Trinajstić information content (AvgIpc) is 2.45. The van der Waals surface area contributed by atoms with E-state index in [1.54, 1.807) is 0 Å². The fraction of sp³-hybridized carbons (Fsp3) is 0.898. The van der Waals surface area contributed by atoms with Crippen LogP contribution < -0.4 is 5.32 Å². The van der Waals surface area contributed by atoms with E-state index in [2.05, 4.69) is 39.9 Å². The van der Waals surface area contributed by atoms with Crippen LogP contribution in [-0.2, 0) is 47.6 Å². The molecular formula is C59H95NO20. The molecule has 23 atom stereocenters. The van der Waals surface area contributed by atoms with Gasteiger partial charge < -0.3 is 89.6 Å². The molecule has 0 aromatic carbocycles. The van der Waals surface area contributed by atoms with E-state index in [1.165, 1.54) is 12.5 Å². The number of aliphatic carboxylic acids is 1. The third-order valence-corrected chi connectivity index (χ3v) is 21.5. The van der Waals surface area contributed by atoms with Crippen molar-refractivity contribution in [3.8, 4) is 0 Å². The molecule has 8 aliphatic rings. The second kappa shape index (κ2) is 24.3. The topological polar surface area (TPSA) is 338 Å². The van der Waals surface area contributed by atoms with Crippen molar-refractivity contribution in [2.24, 2.45) is 50.2 Å². The third-order valence-electron chi connectivity index (χ3n) is 21.5. The second-order valence-corrected chi connectivity index (χ2v) is 27.0. The van der Waals surface area contributed by atoms with Gasteiger partial charge in [0.05, 0.1) is 43.0 Å². The minimum absolute atomic E-state index is 0.0595. The molecule has 7 fully saturated rings. The maximum Gasteiger partial charge on any atom is 0.317 e. The molecule has 4 saturated carbocycles. The number of nitrogens with one attached hydrogen (secondary N) is 1. The van der Waals surface area contributed by atoms with E-state index in [4.69, 9.17) is 33.5 Å². The molecule has 0 radical (unpaired) electrons. The number of carbonyl (C=O) groups excluding carboxylic acids is 3. The van der Waals surface area contributed by atoms with Crippen LogP contribution in [0.3, 0.4) is 0 Å². The lowest BCUT2D eigenvalue weighted by atomic mass is 9.23. The summed E-state index contributed by atoms with van der Waals surface area (Å²) in [6, 6.07) is -1.36. The van der Waals surface area contributed by atoms with Gasteiger partial charge in [0.25, 0.3) is 0 Å². The predicted octanol–water partition coefficient (Wildman–Crippen LogP) is 3.07. The molecule has 456 valence electrons. The van der Waals surface area contributed by atoms with E-state index in [0.29, 0.717) is 38.5 Å². The zero-order valence-electron chi connectivity index (χ0n) is 48.2. The quantitative estimate of drug-likeness (QED) is 0.0303. The number of amides is 1. The Hall–Kier alpha value is -2.74. The lowest BCUT2D eigenvalue weighted by molar-refractivity contribution is -0.370. The first kappa shape index (κ1) is 63.3. The van der Waals surface area contributed by atoms with Crippen LogP contribution in [0.25, 0.3) is 0 Å². The molecule has 11 N–H and O–H groups in total. The fourth-order valence-electron chi connectivity index (χ4n) is 16.9. The number of aldehydes is 1. The molecule has 0 aromatic heterocycles. The molecule has 3 aliphatic heterocycles. The van der Waals surface area contributed by atoms with E-state index in [9.17, 15) is 60.3 Å². The van der Waals surface area contributed by atoms with Gasteiger partial charge in [-0.05, 0) is 99.7 Å². The standard InChI is InChI=1S/C59H95NO20/c1-9-37(64)56(7,29-62)35-20-21-59-31(24-36(59)55(35,5)6)41-32-25-54(3,4)22-23-58(32,38(65)26-57(41,59)8)53(74)80-52-49(79-51-47(73)45(71)48(30(2)76-51)78-50-46(72)43(69)33(63)28-75-50)44(70)42(34(27-61)77-52)60-39(66)18-16-14-12-10-11-13-15-17-19-40(67)68/h29-30,32-38,42-52,61,63-65,69-73H,9-28H2,1-8H3,(H,60,66)(H,67,68)/t30-,32?,33-,34-,35-,36?,37?,38-,42?,43?,44?,45?,46?,47?,48?,49?,50+,51+,52+,56?,57-,58?,59-/m1/s1. The van der Waals surface area contributed by atoms with Gasteiger partial charge >= 0.3 is 11.9 Å². The summed E-state index contributed by atoms with van der Waals surface area (Å²) in [5.41, 5.74) is -1.39. The van der Waals surface area contributed by atoms with Crippen molar-refractivity contribution in [1.82, 2.24) is 5.32 Å². The van der Waals surface area contributed by atoms with Crippen LogP contribution in [0.2, 0.25) is 0 Å². The molecule has 0 aromatic rings. The van der Waals surface area contributed by atoms with Crippen molar-refractivity contribution in [2.75, 3.05) is 13.2 Å². The highest BCUT2D eigenvalue weighted by molar-refractivity contribution is 5.81. The Kier molecular flexibility index (Phi) is 19.2. The Labute approximate surface area is 470 Å². The van der Waals surface area contributed by atoms with Crippen LogP contribution in [0, 0.1) is 50.2 Å². The summed E-state index contributed by atoms with van der Waals surface area (Å²) in [5.74, 6) is -2.50. The summed E-state index contributed by atoms with van der Waals surface area (Å²) < 4.78 is 36.4. The molecule has 3 saturated heterocycles. The van der Waals surface area contributed by atoms with Crippen LogP contribution >= 0.6 is 0 Å². The Morgan fingerprint density at radius 1 is 0.787 bits per heavy atom. The second-order valence-electron chi connectivity index (χ2n) is 27.0. The summed E-state index contributed by atoms with van der Waals surface area (Å²) in [7, 11) is 0. The number of esters is 1. The molecule has 21 heteroatoms. The van der Waals surface area contributed by atoms with Gasteiger partial charge in [0, 0.05) is 23.7 Å². The molecule has 1 spiro atoms. The zero-order chi connectivity index (χ0) is 58.7. The maximum atomic E-state index is 15.6. The number of allylic oxidation sites excluding steroid dienone is 2. The van der Waals surface area contributed by atoms with E-state index < -0.39 is 151 Å². The third kappa shape index (κ3) is 11.0. The maximum absolute atomic E-state index is 15.6. The highest BCUT2D eigenvalue weighted by Gasteiger charge is 2.80. The van der Waals surface area contributed by atoms with E-state index >= 15 is 4.79 Å².